The molecule has 0 aromatic carbocycles. The topological polar surface area (TPSA) is 84.8 Å². The van der Waals surface area contributed by atoms with Gasteiger partial charge in [0.05, 0.1) is 24.4 Å². The number of nitrogens with zero attached hydrogens (tertiary/aromatic N) is 3. The maximum Gasteiger partial charge on any atom is 0.226 e. The van der Waals surface area contributed by atoms with E-state index in [0.29, 0.717) is 6.61 Å². The van der Waals surface area contributed by atoms with Crippen molar-refractivity contribution in [3.05, 3.63) is 34.9 Å². The molecule has 3 heterocycles. The van der Waals surface area contributed by atoms with E-state index in [1.54, 1.807) is 0 Å². The fraction of sp³-hybridized carbons (Fsp3) is 0.533. The Morgan fingerprint density at radius 1 is 1.55 bits per heavy atom. The van der Waals surface area contributed by atoms with Crippen LogP contribution in [0.4, 0.5) is 0 Å². The molecule has 2 N–H and O–H groups in total. The van der Waals surface area contributed by atoms with E-state index in [1.807, 2.05) is 37.8 Å². The molecule has 1 amide bonds. The fourth-order valence-corrected chi connectivity index (χ4v) is 2.83. The molecule has 7 heteroatoms. The van der Waals surface area contributed by atoms with Gasteiger partial charge in [-0.2, -0.15) is 10.2 Å². The number of aryl methyl sites for hydroxylation is 2. The summed E-state index contributed by atoms with van der Waals surface area (Å²) in [6, 6.07) is 1.86. The molecule has 0 bridgehead atoms. The number of nitrogens with one attached hydrogen (secondary N) is 2. The number of ether oxygens (including phenoxy) is 1. The number of aromatic nitrogens is 4. The van der Waals surface area contributed by atoms with Crippen molar-refractivity contribution < 1.29 is 9.53 Å². The van der Waals surface area contributed by atoms with Gasteiger partial charge in [-0.15, -0.1) is 0 Å². The summed E-state index contributed by atoms with van der Waals surface area (Å²) in [4.78, 5) is 12.2. The minimum absolute atomic E-state index is 0.0181. The molecular formula is C15H21N5O2. The van der Waals surface area contributed by atoms with Crippen molar-refractivity contribution in [3.8, 4) is 0 Å². The Balaban J connectivity index is 1.66. The lowest BCUT2D eigenvalue weighted by atomic mass is 10.0. The zero-order valence-corrected chi connectivity index (χ0v) is 13.1. The Morgan fingerprint density at radius 2 is 2.36 bits per heavy atom. The summed E-state index contributed by atoms with van der Waals surface area (Å²) in [5, 5.41) is 14.3. The van der Waals surface area contributed by atoms with Crippen molar-refractivity contribution in [2.75, 3.05) is 6.61 Å². The predicted molar refractivity (Wildman–Crippen MR) is 80.2 cm³/mol. The van der Waals surface area contributed by atoms with Gasteiger partial charge in [0.2, 0.25) is 5.91 Å². The summed E-state index contributed by atoms with van der Waals surface area (Å²) < 4.78 is 7.63. The summed E-state index contributed by atoms with van der Waals surface area (Å²) in [6.07, 6.45) is 2.78. The molecule has 1 saturated heterocycles. The Morgan fingerprint density at radius 3 is 3.00 bits per heavy atom. The van der Waals surface area contributed by atoms with Gasteiger partial charge in [0.25, 0.3) is 0 Å². The molecule has 3 rings (SSSR count). The molecule has 118 valence electrons. The maximum absolute atomic E-state index is 12.2. The molecule has 22 heavy (non-hydrogen) atoms. The molecule has 0 aliphatic carbocycles. The predicted octanol–water partition coefficient (Wildman–Crippen LogP) is 0.949. The van der Waals surface area contributed by atoms with Crippen LogP contribution in [0.1, 0.15) is 35.2 Å². The lowest BCUT2D eigenvalue weighted by Gasteiger charge is -2.19. The van der Waals surface area contributed by atoms with Crippen molar-refractivity contribution in [2.45, 2.75) is 38.8 Å². The molecule has 1 fully saturated rings. The van der Waals surface area contributed by atoms with Gasteiger partial charge >= 0.3 is 0 Å². The molecule has 2 atom stereocenters. The van der Waals surface area contributed by atoms with Crippen LogP contribution in [0.5, 0.6) is 0 Å². The number of carbonyl (C=O) groups is 1. The normalized spacial score (nSPS) is 21.2. The average molecular weight is 303 g/mol. The molecule has 0 saturated carbocycles. The summed E-state index contributed by atoms with van der Waals surface area (Å²) in [5.41, 5.74) is 3.81. The third kappa shape index (κ3) is 2.89. The van der Waals surface area contributed by atoms with E-state index in [-0.39, 0.29) is 24.5 Å². The molecule has 1 aliphatic rings. The van der Waals surface area contributed by atoms with Crippen LogP contribution >= 0.6 is 0 Å². The zero-order chi connectivity index (χ0) is 15.7. The van der Waals surface area contributed by atoms with Gasteiger partial charge in [-0.3, -0.25) is 14.6 Å². The van der Waals surface area contributed by atoms with E-state index in [1.165, 1.54) is 0 Å². The highest BCUT2D eigenvalue weighted by molar-refractivity contribution is 5.78. The lowest BCUT2D eigenvalue weighted by Crippen LogP contribution is -2.37. The van der Waals surface area contributed by atoms with Crippen molar-refractivity contribution in [2.24, 2.45) is 7.05 Å². The van der Waals surface area contributed by atoms with Crippen LogP contribution in [-0.4, -0.2) is 38.5 Å². The third-order valence-electron chi connectivity index (χ3n) is 4.12. The van der Waals surface area contributed by atoms with Gasteiger partial charge < -0.3 is 10.1 Å². The highest BCUT2D eigenvalue weighted by atomic mass is 16.5. The standard InChI is InChI=1S/C15H21N5O2/c1-9-6-11(19-18-9)7-14(21)17-13-4-5-22-15(13)12-8-16-20(3)10(12)2/h6,8,13,15H,4-5,7H2,1-3H3,(H,17,21)(H,18,19)/t13-,15+/m0/s1. The second-order valence-electron chi connectivity index (χ2n) is 5.78. The van der Waals surface area contributed by atoms with Gasteiger partial charge in [0, 0.05) is 30.6 Å². The first kappa shape index (κ1) is 14.8. The highest BCUT2D eigenvalue weighted by Gasteiger charge is 2.33. The summed E-state index contributed by atoms with van der Waals surface area (Å²) in [5.74, 6) is -0.0338. The molecule has 7 nitrogen and oxygen atoms in total. The minimum atomic E-state index is -0.126. The quantitative estimate of drug-likeness (QED) is 0.880. The third-order valence-corrected chi connectivity index (χ3v) is 4.12. The van der Waals surface area contributed by atoms with E-state index in [2.05, 4.69) is 20.6 Å². The van der Waals surface area contributed by atoms with Crippen LogP contribution in [0.3, 0.4) is 0 Å². The number of rotatable bonds is 4. The number of H-pyrrole nitrogens is 1. The van der Waals surface area contributed by atoms with E-state index in [0.717, 1.165) is 29.1 Å². The zero-order valence-electron chi connectivity index (χ0n) is 13.1. The van der Waals surface area contributed by atoms with Crippen molar-refractivity contribution in [3.63, 3.8) is 0 Å². The Kier molecular flexibility index (Phi) is 3.98. The van der Waals surface area contributed by atoms with E-state index >= 15 is 0 Å². The summed E-state index contributed by atoms with van der Waals surface area (Å²) in [7, 11) is 1.90. The first-order chi connectivity index (χ1) is 10.5. The van der Waals surface area contributed by atoms with Gasteiger partial charge in [0.1, 0.15) is 6.10 Å². The van der Waals surface area contributed by atoms with Gasteiger partial charge in [-0.05, 0) is 26.3 Å². The monoisotopic (exact) mass is 303 g/mol. The molecule has 0 radical (unpaired) electrons. The Labute approximate surface area is 129 Å². The van der Waals surface area contributed by atoms with Crippen LogP contribution < -0.4 is 5.32 Å². The van der Waals surface area contributed by atoms with Gasteiger partial charge in [-0.25, -0.2) is 0 Å². The number of carbonyl (C=O) groups excluding carboxylic acids is 1. The highest BCUT2D eigenvalue weighted by Crippen LogP contribution is 2.30. The molecule has 2 aromatic rings. The van der Waals surface area contributed by atoms with Gasteiger partial charge in [-0.1, -0.05) is 0 Å². The molecule has 0 spiro atoms. The largest absolute Gasteiger partial charge is 0.371 e. The van der Waals surface area contributed by atoms with Crippen LogP contribution in [0.25, 0.3) is 0 Å². The van der Waals surface area contributed by atoms with Crippen LogP contribution in [0.2, 0.25) is 0 Å². The average Bonchev–Trinajstić information content (AvgIpc) is 3.15. The van der Waals surface area contributed by atoms with E-state index in [4.69, 9.17) is 4.74 Å². The summed E-state index contributed by atoms with van der Waals surface area (Å²) >= 11 is 0. The van der Waals surface area contributed by atoms with E-state index in [9.17, 15) is 4.79 Å². The van der Waals surface area contributed by atoms with Gasteiger partial charge in [0.15, 0.2) is 0 Å². The fourth-order valence-electron chi connectivity index (χ4n) is 2.83. The first-order valence-electron chi connectivity index (χ1n) is 7.45. The number of hydrogen-bond donors (Lipinski definition) is 2. The molecular weight excluding hydrogens is 282 g/mol. The smallest absolute Gasteiger partial charge is 0.226 e. The van der Waals surface area contributed by atoms with Crippen molar-refractivity contribution >= 4 is 5.91 Å². The van der Waals surface area contributed by atoms with Crippen molar-refractivity contribution in [1.29, 1.82) is 0 Å². The second-order valence-corrected chi connectivity index (χ2v) is 5.78. The number of amides is 1. The SMILES string of the molecule is Cc1cc(CC(=O)N[C@H]2CCO[C@@H]2c2cnn(C)c2C)n[nH]1. The number of aromatic amines is 1. The molecule has 0 unspecified atom stereocenters. The maximum atomic E-state index is 12.2. The van der Waals surface area contributed by atoms with Crippen molar-refractivity contribution in [1.82, 2.24) is 25.3 Å². The van der Waals surface area contributed by atoms with E-state index < -0.39 is 0 Å². The molecule has 2 aromatic heterocycles. The second kappa shape index (κ2) is 5.92. The Bertz CT molecular complexity index is 675. The molecule has 1 aliphatic heterocycles. The van der Waals surface area contributed by atoms with Crippen LogP contribution in [-0.2, 0) is 23.0 Å². The van der Waals surface area contributed by atoms with Crippen LogP contribution in [0, 0.1) is 13.8 Å². The minimum Gasteiger partial charge on any atom is -0.371 e. The Hall–Kier alpha value is -2.15. The lowest BCUT2D eigenvalue weighted by molar-refractivity contribution is -0.121. The first-order valence-corrected chi connectivity index (χ1v) is 7.45. The number of hydrogen-bond acceptors (Lipinski definition) is 4. The van der Waals surface area contributed by atoms with Crippen LogP contribution in [0.15, 0.2) is 12.3 Å². The summed E-state index contributed by atoms with van der Waals surface area (Å²) in [6.45, 7) is 4.57.